The third-order valence-corrected chi connectivity index (χ3v) is 3.13. The van der Waals surface area contributed by atoms with Crippen molar-refractivity contribution >= 4 is 12.0 Å². The molecule has 0 fully saturated rings. The lowest BCUT2D eigenvalue weighted by molar-refractivity contribution is 0.0689. The fourth-order valence-corrected chi connectivity index (χ4v) is 1.99. The minimum Gasteiger partial charge on any atom is -0.507 e. The van der Waals surface area contributed by atoms with Crippen molar-refractivity contribution in [3.63, 3.8) is 0 Å². The topological polar surface area (TPSA) is 76.0 Å². The van der Waals surface area contributed by atoms with Gasteiger partial charge in [0.1, 0.15) is 17.9 Å². The smallest absolute Gasteiger partial charge is 0.343 e. The lowest BCUT2D eigenvalue weighted by Gasteiger charge is -2.13. The van der Waals surface area contributed by atoms with Crippen molar-refractivity contribution in [2.75, 3.05) is 7.11 Å². The number of methoxy groups -OCH3 is 1. The molecule has 2 N–H and O–H groups in total. The molecule has 0 heterocycles. The number of carbonyl (C=O) groups is 1. The van der Waals surface area contributed by atoms with Gasteiger partial charge >= 0.3 is 5.97 Å². The number of phenols is 1. The van der Waals surface area contributed by atoms with Gasteiger partial charge in [0.05, 0.1) is 7.11 Å². The van der Waals surface area contributed by atoms with Crippen LogP contribution in [0.5, 0.6) is 17.2 Å². The molecule has 0 aliphatic heterocycles. The van der Waals surface area contributed by atoms with E-state index in [2.05, 4.69) is 6.58 Å². The summed E-state index contributed by atoms with van der Waals surface area (Å²) in [4.78, 5) is 11.2. The summed E-state index contributed by atoms with van der Waals surface area (Å²) < 4.78 is 10.7. The molecule has 0 bridgehead atoms. The first-order valence-electron chi connectivity index (χ1n) is 6.54. The van der Waals surface area contributed by atoms with Crippen molar-refractivity contribution in [3.05, 3.63) is 59.7 Å². The van der Waals surface area contributed by atoms with Crippen LogP contribution in [-0.2, 0) is 6.61 Å². The molecule has 0 unspecified atom stereocenters. The average Bonchev–Trinajstić information content (AvgIpc) is 2.53. The number of rotatable bonds is 6. The molecule has 5 nitrogen and oxygen atoms in total. The van der Waals surface area contributed by atoms with E-state index < -0.39 is 5.97 Å². The quantitative estimate of drug-likeness (QED) is 0.856. The van der Waals surface area contributed by atoms with Crippen LogP contribution in [0.25, 0.3) is 6.08 Å². The van der Waals surface area contributed by atoms with E-state index >= 15 is 0 Å². The number of carboxylic acids is 1. The van der Waals surface area contributed by atoms with Crippen molar-refractivity contribution in [2.45, 2.75) is 6.61 Å². The Morgan fingerprint density at radius 1 is 1.23 bits per heavy atom. The van der Waals surface area contributed by atoms with Crippen LogP contribution in [-0.4, -0.2) is 23.3 Å². The summed E-state index contributed by atoms with van der Waals surface area (Å²) in [5.41, 5.74) is 1.60. The predicted molar refractivity (Wildman–Crippen MR) is 82.5 cm³/mol. The van der Waals surface area contributed by atoms with Crippen LogP contribution >= 0.6 is 0 Å². The highest BCUT2D eigenvalue weighted by Gasteiger charge is 2.21. The minimum absolute atomic E-state index is 0.00443. The third-order valence-electron chi connectivity index (χ3n) is 3.13. The van der Waals surface area contributed by atoms with Crippen molar-refractivity contribution in [1.29, 1.82) is 0 Å². The Morgan fingerprint density at radius 2 is 1.91 bits per heavy atom. The second-order valence-electron chi connectivity index (χ2n) is 4.53. The summed E-state index contributed by atoms with van der Waals surface area (Å²) in [5, 5.41) is 18.8. The largest absolute Gasteiger partial charge is 0.507 e. The highest BCUT2D eigenvalue weighted by Crippen LogP contribution is 2.37. The first-order valence-corrected chi connectivity index (χ1v) is 6.54. The fourth-order valence-electron chi connectivity index (χ4n) is 1.99. The predicted octanol–water partition coefficient (Wildman–Crippen LogP) is 3.32. The fraction of sp³-hybridized carbons (Fsp3) is 0.118. The van der Waals surface area contributed by atoms with Gasteiger partial charge in [-0.3, -0.25) is 0 Å². The van der Waals surface area contributed by atoms with Crippen LogP contribution < -0.4 is 9.47 Å². The Kier molecular flexibility index (Phi) is 4.68. The highest BCUT2D eigenvalue weighted by atomic mass is 16.5. The van der Waals surface area contributed by atoms with Gasteiger partial charge in [-0.1, -0.05) is 36.9 Å². The molecule has 0 saturated carbocycles. The van der Waals surface area contributed by atoms with Crippen molar-refractivity contribution < 1.29 is 24.5 Å². The van der Waals surface area contributed by atoms with Gasteiger partial charge in [-0.2, -0.15) is 0 Å². The van der Waals surface area contributed by atoms with Gasteiger partial charge in [-0.15, -0.1) is 0 Å². The summed E-state index contributed by atoms with van der Waals surface area (Å²) in [5.74, 6) is -1.40. The molecule has 0 amide bonds. The molecule has 0 spiro atoms. The summed E-state index contributed by atoms with van der Waals surface area (Å²) in [6.07, 6.45) is 1.74. The SMILES string of the molecule is C=Cc1ccc(COc2ccc(O)c(C(=O)O)c2OC)cc1. The molecule has 2 rings (SSSR count). The zero-order valence-corrected chi connectivity index (χ0v) is 12.1. The van der Waals surface area contributed by atoms with E-state index in [1.807, 2.05) is 24.3 Å². The first kappa shape index (κ1) is 15.4. The molecular formula is C17H16O5. The average molecular weight is 300 g/mol. The lowest BCUT2D eigenvalue weighted by atomic mass is 10.1. The van der Waals surface area contributed by atoms with Gasteiger partial charge < -0.3 is 19.7 Å². The van der Waals surface area contributed by atoms with Gasteiger partial charge in [-0.25, -0.2) is 4.79 Å². The third kappa shape index (κ3) is 3.20. The molecule has 0 aliphatic carbocycles. The summed E-state index contributed by atoms with van der Waals surface area (Å²) in [7, 11) is 1.33. The molecule has 0 aliphatic rings. The number of hydrogen-bond acceptors (Lipinski definition) is 4. The van der Waals surface area contributed by atoms with Crippen LogP contribution in [0.4, 0.5) is 0 Å². The Hall–Kier alpha value is -2.95. The number of ether oxygens (including phenoxy) is 2. The highest BCUT2D eigenvalue weighted by molar-refractivity contribution is 5.95. The van der Waals surface area contributed by atoms with Gasteiger partial charge in [0.2, 0.25) is 0 Å². The van der Waals surface area contributed by atoms with Gasteiger partial charge in [-0.05, 0) is 23.3 Å². The maximum atomic E-state index is 11.2. The zero-order chi connectivity index (χ0) is 16.1. The molecule has 22 heavy (non-hydrogen) atoms. The van der Waals surface area contributed by atoms with Gasteiger partial charge in [0, 0.05) is 0 Å². The standard InChI is InChI=1S/C17H16O5/c1-3-11-4-6-12(7-5-11)10-22-14-9-8-13(18)15(17(19)20)16(14)21-2/h3-9,18H,1,10H2,2H3,(H,19,20). The van der Waals surface area contributed by atoms with Crippen LogP contribution in [0.2, 0.25) is 0 Å². The summed E-state index contributed by atoms with van der Waals surface area (Å²) in [6, 6.07) is 10.3. The molecule has 0 saturated heterocycles. The van der Waals surface area contributed by atoms with Gasteiger partial charge in [0.15, 0.2) is 11.5 Å². The Bertz CT molecular complexity index is 689. The van der Waals surface area contributed by atoms with Crippen molar-refractivity contribution in [2.24, 2.45) is 0 Å². The van der Waals surface area contributed by atoms with Crippen LogP contribution in [0.3, 0.4) is 0 Å². The Balaban J connectivity index is 2.23. The van der Waals surface area contributed by atoms with E-state index in [0.29, 0.717) is 0 Å². The van der Waals surface area contributed by atoms with E-state index in [9.17, 15) is 9.90 Å². The molecule has 2 aromatic rings. The number of hydrogen-bond donors (Lipinski definition) is 2. The molecule has 5 heteroatoms. The molecule has 0 radical (unpaired) electrons. The first-order chi connectivity index (χ1) is 10.6. The molecule has 0 atom stereocenters. The second-order valence-corrected chi connectivity index (χ2v) is 4.53. The van der Waals surface area contributed by atoms with E-state index in [1.165, 1.54) is 19.2 Å². The number of carboxylic acid groups (broad SMARTS) is 1. The maximum absolute atomic E-state index is 11.2. The summed E-state index contributed by atoms with van der Waals surface area (Å²) >= 11 is 0. The normalized spacial score (nSPS) is 10.0. The molecule has 2 aromatic carbocycles. The Morgan fingerprint density at radius 3 is 2.45 bits per heavy atom. The van der Waals surface area contributed by atoms with E-state index in [4.69, 9.17) is 14.6 Å². The molecule has 114 valence electrons. The van der Waals surface area contributed by atoms with Gasteiger partial charge in [0.25, 0.3) is 0 Å². The number of aromatic carboxylic acids is 1. The van der Waals surface area contributed by atoms with E-state index in [1.54, 1.807) is 6.08 Å². The Labute approximate surface area is 128 Å². The number of aromatic hydroxyl groups is 1. The molecular weight excluding hydrogens is 284 g/mol. The van der Waals surface area contributed by atoms with E-state index in [0.717, 1.165) is 11.1 Å². The molecule has 0 aromatic heterocycles. The second kappa shape index (κ2) is 6.67. The zero-order valence-electron chi connectivity index (χ0n) is 12.1. The summed E-state index contributed by atoms with van der Waals surface area (Å²) in [6.45, 7) is 3.93. The van der Waals surface area contributed by atoms with E-state index in [-0.39, 0.29) is 29.4 Å². The van der Waals surface area contributed by atoms with Crippen molar-refractivity contribution in [3.8, 4) is 17.2 Å². The van der Waals surface area contributed by atoms with Crippen LogP contribution in [0.15, 0.2) is 43.0 Å². The minimum atomic E-state index is -1.28. The lowest BCUT2D eigenvalue weighted by Crippen LogP contribution is -2.04. The van der Waals surface area contributed by atoms with Crippen LogP contribution in [0, 0.1) is 0 Å². The monoisotopic (exact) mass is 300 g/mol. The van der Waals surface area contributed by atoms with Crippen molar-refractivity contribution in [1.82, 2.24) is 0 Å². The maximum Gasteiger partial charge on any atom is 0.343 e. The number of benzene rings is 2. The van der Waals surface area contributed by atoms with Crippen LogP contribution in [0.1, 0.15) is 21.5 Å².